The van der Waals surface area contributed by atoms with Gasteiger partial charge in [0.1, 0.15) is 5.82 Å². The van der Waals surface area contributed by atoms with E-state index in [4.69, 9.17) is 4.74 Å². The second-order valence-electron chi connectivity index (χ2n) is 4.49. The van der Waals surface area contributed by atoms with Crippen LogP contribution in [0.4, 0.5) is 0 Å². The standard InChI is InChI=1S/C14H20N2O2/c1-3-6-14-15-12-7-4-5-8-13(12)16(14)9-11(17)10-18-2/h4-5,7-8,11,17H,3,6,9-10H2,1-2H3. The summed E-state index contributed by atoms with van der Waals surface area (Å²) in [6, 6.07) is 8.04. The van der Waals surface area contributed by atoms with Crippen molar-refractivity contribution in [2.45, 2.75) is 32.4 Å². The molecule has 4 nitrogen and oxygen atoms in total. The van der Waals surface area contributed by atoms with Crippen LogP contribution in [0.25, 0.3) is 11.0 Å². The number of imidazole rings is 1. The van der Waals surface area contributed by atoms with Crippen LogP contribution in [0.3, 0.4) is 0 Å². The van der Waals surface area contributed by atoms with E-state index in [1.165, 1.54) is 0 Å². The van der Waals surface area contributed by atoms with Crippen LogP contribution in [-0.4, -0.2) is 34.5 Å². The molecule has 0 bridgehead atoms. The molecule has 18 heavy (non-hydrogen) atoms. The van der Waals surface area contributed by atoms with Crippen molar-refractivity contribution in [2.75, 3.05) is 13.7 Å². The van der Waals surface area contributed by atoms with Crippen LogP contribution in [-0.2, 0) is 17.7 Å². The van der Waals surface area contributed by atoms with E-state index in [1.807, 2.05) is 24.3 Å². The van der Waals surface area contributed by atoms with Crippen LogP contribution < -0.4 is 0 Å². The lowest BCUT2D eigenvalue weighted by molar-refractivity contribution is 0.0539. The summed E-state index contributed by atoms with van der Waals surface area (Å²) < 4.78 is 7.08. The molecule has 1 heterocycles. The van der Waals surface area contributed by atoms with Crippen molar-refractivity contribution in [3.8, 4) is 0 Å². The Morgan fingerprint density at radius 2 is 2.17 bits per heavy atom. The first-order valence-corrected chi connectivity index (χ1v) is 6.37. The van der Waals surface area contributed by atoms with Gasteiger partial charge >= 0.3 is 0 Å². The zero-order valence-electron chi connectivity index (χ0n) is 11.0. The van der Waals surface area contributed by atoms with Crippen molar-refractivity contribution >= 4 is 11.0 Å². The molecule has 1 aromatic carbocycles. The summed E-state index contributed by atoms with van der Waals surface area (Å²) in [5.74, 6) is 1.04. The SMILES string of the molecule is CCCc1nc2ccccc2n1CC(O)COC. The lowest BCUT2D eigenvalue weighted by Gasteiger charge is -2.13. The van der Waals surface area contributed by atoms with E-state index in [-0.39, 0.29) is 0 Å². The molecular weight excluding hydrogens is 228 g/mol. The van der Waals surface area contributed by atoms with Gasteiger partial charge in [-0.3, -0.25) is 0 Å². The molecule has 0 radical (unpaired) electrons. The Bertz CT molecular complexity index is 507. The predicted molar refractivity (Wildman–Crippen MR) is 71.6 cm³/mol. The maximum Gasteiger partial charge on any atom is 0.109 e. The number of nitrogens with zero attached hydrogens (tertiary/aromatic N) is 2. The molecule has 0 aliphatic rings. The Morgan fingerprint density at radius 3 is 2.89 bits per heavy atom. The summed E-state index contributed by atoms with van der Waals surface area (Å²) in [6.45, 7) is 3.01. The number of hydrogen-bond donors (Lipinski definition) is 1. The first-order valence-electron chi connectivity index (χ1n) is 6.37. The largest absolute Gasteiger partial charge is 0.389 e. The average Bonchev–Trinajstić information content (AvgIpc) is 2.69. The second-order valence-corrected chi connectivity index (χ2v) is 4.49. The topological polar surface area (TPSA) is 47.3 Å². The Hall–Kier alpha value is -1.39. The van der Waals surface area contributed by atoms with E-state index in [1.54, 1.807) is 7.11 Å². The van der Waals surface area contributed by atoms with Crippen molar-refractivity contribution in [1.29, 1.82) is 0 Å². The number of rotatable bonds is 6. The molecule has 1 N–H and O–H groups in total. The molecule has 0 amide bonds. The molecule has 0 fully saturated rings. The minimum Gasteiger partial charge on any atom is -0.389 e. The number of benzene rings is 1. The number of aryl methyl sites for hydroxylation is 1. The van der Waals surface area contributed by atoms with Crippen LogP contribution >= 0.6 is 0 Å². The van der Waals surface area contributed by atoms with Gasteiger partial charge in [-0.15, -0.1) is 0 Å². The summed E-state index contributed by atoms with van der Waals surface area (Å²) >= 11 is 0. The number of fused-ring (bicyclic) bond motifs is 1. The number of ether oxygens (including phenoxy) is 1. The van der Waals surface area contributed by atoms with E-state index in [0.29, 0.717) is 13.2 Å². The van der Waals surface area contributed by atoms with Crippen LogP contribution in [0.5, 0.6) is 0 Å². The lowest BCUT2D eigenvalue weighted by atomic mass is 10.3. The van der Waals surface area contributed by atoms with Gasteiger partial charge in [-0.2, -0.15) is 0 Å². The zero-order chi connectivity index (χ0) is 13.0. The summed E-state index contributed by atoms with van der Waals surface area (Å²) in [5, 5.41) is 9.90. The fourth-order valence-corrected chi connectivity index (χ4v) is 2.20. The Balaban J connectivity index is 2.35. The van der Waals surface area contributed by atoms with E-state index in [0.717, 1.165) is 29.7 Å². The fourth-order valence-electron chi connectivity index (χ4n) is 2.20. The van der Waals surface area contributed by atoms with Gasteiger partial charge in [-0.05, 0) is 18.6 Å². The molecule has 0 aliphatic carbocycles. The van der Waals surface area contributed by atoms with Crippen LogP contribution in [0.2, 0.25) is 0 Å². The highest BCUT2D eigenvalue weighted by Crippen LogP contribution is 2.17. The van der Waals surface area contributed by atoms with Gasteiger partial charge < -0.3 is 14.4 Å². The van der Waals surface area contributed by atoms with E-state index in [9.17, 15) is 5.11 Å². The molecule has 0 saturated heterocycles. The van der Waals surface area contributed by atoms with Crippen molar-refractivity contribution < 1.29 is 9.84 Å². The second kappa shape index (κ2) is 5.98. The zero-order valence-corrected chi connectivity index (χ0v) is 11.0. The lowest BCUT2D eigenvalue weighted by Crippen LogP contribution is -2.22. The molecule has 1 unspecified atom stereocenters. The minimum absolute atomic E-state index is 0.345. The van der Waals surface area contributed by atoms with E-state index in [2.05, 4.69) is 16.5 Å². The Morgan fingerprint density at radius 1 is 1.39 bits per heavy atom. The first-order chi connectivity index (χ1) is 8.76. The van der Waals surface area contributed by atoms with Crippen molar-refractivity contribution in [3.63, 3.8) is 0 Å². The number of hydrogen-bond acceptors (Lipinski definition) is 3. The molecule has 2 rings (SSSR count). The van der Waals surface area contributed by atoms with Crippen molar-refractivity contribution in [1.82, 2.24) is 9.55 Å². The molecule has 98 valence electrons. The van der Waals surface area contributed by atoms with Gasteiger partial charge in [0, 0.05) is 13.5 Å². The summed E-state index contributed by atoms with van der Waals surface area (Å²) in [7, 11) is 1.60. The van der Waals surface area contributed by atoms with Gasteiger partial charge in [-0.1, -0.05) is 19.1 Å². The van der Waals surface area contributed by atoms with E-state index >= 15 is 0 Å². The van der Waals surface area contributed by atoms with Crippen molar-refractivity contribution in [2.24, 2.45) is 0 Å². The van der Waals surface area contributed by atoms with Gasteiger partial charge in [0.15, 0.2) is 0 Å². The number of aliphatic hydroxyl groups excluding tert-OH is 1. The summed E-state index contributed by atoms with van der Waals surface area (Å²) in [5.41, 5.74) is 2.07. The van der Waals surface area contributed by atoms with E-state index < -0.39 is 6.10 Å². The molecule has 0 saturated carbocycles. The normalized spacial score (nSPS) is 13.1. The summed E-state index contributed by atoms with van der Waals surface area (Å²) in [4.78, 5) is 4.63. The quantitative estimate of drug-likeness (QED) is 0.850. The third-order valence-electron chi connectivity index (χ3n) is 2.96. The molecule has 0 spiro atoms. The highest BCUT2D eigenvalue weighted by atomic mass is 16.5. The monoisotopic (exact) mass is 248 g/mol. The molecule has 4 heteroatoms. The summed E-state index contributed by atoms with van der Waals surface area (Å²) in [6.07, 6.45) is 1.47. The van der Waals surface area contributed by atoms with Crippen LogP contribution in [0, 0.1) is 0 Å². The third-order valence-corrected chi connectivity index (χ3v) is 2.96. The fraction of sp³-hybridized carbons (Fsp3) is 0.500. The molecule has 2 aromatic rings. The number of aliphatic hydroxyl groups is 1. The third kappa shape index (κ3) is 2.71. The Labute approximate surface area is 107 Å². The number of aromatic nitrogens is 2. The minimum atomic E-state index is -0.497. The van der Waals surface area contributed by atoms with Gasteiger partial charge in [0.2, 0.25) is 0 Å². The van der Waals surface area contributed by atoms with Crippen LogP contribution in [0.1, 0.15) is 19.2 Å². The van der Waals surface area contributed by atoms with Crippen LogP contribution in [0.15, 0.2) is 24.3 Å². The number of para-hydroxylation sites is 2. The molecule has 0 aliphatic heterocycles. The van der Waals surface area contributed by atoms with Gasteiger partial charge in [-0.25, -0.2) is 4.98 Å². The predicted octanol–water partition coefficient (Wildman–Crippen LogP) is 2.00. The van der Waals surface area contributed by atoms with Gasteiger partial charge in [0.25, 0.3) is 0 Å². The average molecular weight is 248 g/mol. The smallest absolute Gasteiger partial charge is 0.109 e. The maximum atomic E-state index is 9.90. The van der Waals surface area contributed by atoms with Gasteiger partial charge in [0.05, 0.1) is 30.3 Å². The van der Waals surface area contributed by atoms with Crippen molar-refractivity contribution in [3.05, 3.63) is 30.1 Å². The number of methoxy groups -OCH3 is 1. The Kier molecular flexibility index (Phi) is 4.33. The maximum absolute atomic E-state index is 9.90. The molecule has 1 aromatic heterocycles. The first kappa shape index (κ1) is 13.1. The molecule has 1 atom stereocenters. The highest BCUT2D eigenvalue weighted by molar-refractivity contribution is 5.75. The molecular formula is C14H20N2O2. The highest BCUT2D eigenvalue weighted by Gasteiger charge is 2.13.